The lowest BCUT2D eigenvalue weighted by Crippen LogP contribution is -2.51. The fourth-order valence-electron chi connectivity index (χ4n) is 3.73. The Bertz CT molecular complexity index is 514. The van der Waals surface area contributed by atoms with E-state index < -0.39 is 16.4 Å². The molecule has 0 aliphatic rings. The van der Waals surface area contributed by atoms with Crippen LogP contribution in [0.15, 0.2) is 0 Å². The Kier molecular flexibility index (Phi) is 17.9. The summed E-state index contributed by atoms with van der Waals surface area (Å²) >= 11 is 0. The SMILES string of the molecule is CCCCN(C[Si](C)(C)OC)C(=O)CCCCCCCNC(=O)N(CCCC)C[Si](C)(C)CO. The van der Waals surface area contributed by atoms with Gasteiger partial charge in [0.1, 0.15) is 0 Å². The second-order valence-corrected chi connectivity index (χ2v) is 20.2. The van der Waals surface area contributed by atoms with E-state index in [2.05, 4.69) is 45.4 Å². The molecule has 0 atom stereocenters. The quantitative estimate of drug-likeness (QED) is 0.177. The van der Waals surface area contributed by atoms with Crippen molar-refractivity contribution in [2.45, 2.75) is 104 Å². The fourth-order valence-corrected chi connectivity index (χ4v) is 6.55. The fraction of sp³-hybridized carbons (Fsp3) is 0.920. The number of aliphatic hydroxyl groups excluding tert-OH is 1. The minimum atomic E-state index is -1.81. The average Bonchev–Trinajstić information content (AvgIpc) is 2.80. The predicted octanol–water partition coefficient (Wildman–Crippen LogP) is 4.94. The summed E-state index contributed by atoms with van der Waals surface area (Å²) in [6, 6.07) is 0.00257. The van der Waals surface area contributed by atoms with Crippen molar-refractivity contribution in [3.63, 3.8) is 0 Å². The maximum Gasteiger partial charge on any atom is 0.317 e. The van der Waals surface area contributed by atoms with Crippen molar-refractivity contribution < 1.29 is 19.1 Å². The topological polar surface area (TPSA) is 82.1 Å². The molecule has 0 saturated carbocycles. The summed E-state index contributed by atoms with van der Waals surface area (Å²) in [5, 5.41) is 12.7. The van der Waals surface area contributed by atoms with Gasteiger partial charge in [0.15, 0.2) is 0 Å². The van der Waals surface area contributed by atoms with E-state index in [0.29, 0.717) is 19.1 Å². The summed E-state index contributed by atoms with van der Waals surface area (Å²) in [6.07, 6.45) is 11.5. The lowest BCUT2D eigenvalue weighted by Gasteiger charge is -2.30. The number of carbonyl (C=O) groups excluding carboxylic acids is 2. The maximum atomic E-state index is 12.7. The van der Waals surface area contributed by atoms with Crippen molar-refractivity contribution in [3.8, 4) is 0 Å². The Hall–Kier alpha value is -0.906. The van der Waals surface area contributed by atoms with Gasteiger partial charge in [0, 0.05) is 51.7 Å². The number of carbonyl (C=O) groups is 2. The van der Waals surface area contributed by atoms with Crippen molar-refractivity contribution in [1.29, 1.82) is 0 Å². The second kappa shape index (κ2) is 18.4. The molecule has 34 heavy (non-hydrogen) atoms. The zero-order valence-electron chi connectivity index (χ0n) is 23.4. The number of hydrogen-bond acceptors (Lipinski definition) is 4. The highest BCUT2D eigenvalue weighted by Gasteiger charge is 2.27. The van der Waals surface area contributed by atoms with Gasteiger partial charge in [0.2, 0.25) is 14.2 Å². The zero-order valence-corrected chi connectivity index (χ0v) is 25.4. The molecule has 2 N–H and O–H groups in total. The monoisotopic (exact) mass is 517 g/mol. The summed E-state index contributed by atoms with van der Waals surface area (Å²) in [5.74, 6) is 0.264. The second-order valence-electron chi connectivity index (χ2n) is 11.0. The molecule has 0 unspecified atom stereocenters. The third kappa shape index (κ3) is 15.9. The molecule has 0 aromatic rings. The van der Waals surface area contributed by atoms with Gasteiger partial charge < -0.3 is 24.6 Å². The van der Waals surface area contributed by atoms with Gasteiger partial charge in [0.05, 0.1) is 8.07 Å². The van der Waals surface area contributed by atoms with E-state index >= 15 is 0 Å². The minimum absolute atomic E-state index is 0.00257. The molecule has 0 fully saturated rings. The van der Waals surface area contributed by atoms with Crippen LogP contribution in [0.5, 0.6) is 0 Å². The van der Waals surface area contributed by atoms with Crippen LogP contribution in [0, 0.1) is 0 Å². The van der Waals surface area contributed by atoms with Gasteiger partial charge in [0.25, 0.3) is 0 Å². The van der Waals surface area contributed by atoms with Crippen LogP contribution in [-0.2, 0) is 9.22 Å². The summed E-state index contributed by atoms with van der Waals surface area (Å²) in [7, 11) is -1.82. The molecule has 0 saturated heterocycles. The predicted molar refractivity (Wildman–Crippen MR) is 148 cm³/mol. The van der Waals surface area contributed by atoms with Gasteiger partial charge in [-0.3, -0.25) is 4.79 Å². The Labute approximate surface area is 212 Å². The Morgan fingerprint density at radius 2 is 1.38 bits per heavy atom. The van der Waals surface area contributed by atoms with Crippen molar-refractivity contribution in [2.24, 2.45) is 0 Å². The largest absolute Gasteiger partial charge is 0.419 e. The smallest absolute Gasteiger partial charge is 0.317 e. The van der Waals surface area contributed by atoms with Crippen LogP contribution in [0.1, 0.15) is 78.1 Å². The highest BCUT2D eigenvalue weighted by Crippen LogP contribution is 2.12. The van der Waals surface area contributed by atoms with Crippen molar-refractivity contribution >= 4 is 28.3 Å². The van der Waals surface area contributed by atoms with Crippen LogP contribution in [0.3, 0.4) is 0 Å². The molecule has 0 bridgehead atoms. The van der Waals surface area contributed by atoms with E-state index in [1.807, 2.05) is 9.80 Å². The third-order valence-corrected chi connectivity index (χ3v) is 10.6. The molecule has 0 aliphatic carbocycles. The molecule has 0 radical (unpaired) electrons. The van der Waals surface area contributed by atoms with Crippen molar-refractivity contribution in [2.75, 3.05) is 45.3 Å². The van der Waals surface area contributed by atoms with Crippen LogP contribution >= 0.6 is 0 Å². The molecule has 9 heteroatoms. The number of amides is 3. The average molecular weight is 518 g/mol. The van der Waals surface area contributed by atoms with Crippen LogP contribution in [-0.4, -0.2) is 88.5 Å². The summed E-state index contributed by atoms with van der Waals surface area (Å²) in [6.45, 7) is 15.1. The Morgan fingerprint density at radius 1 is 0.824 bits per heavy atom. The number of urea groups is 1. The van der Waals surface area contributed by atoms with Crippen molar-refractivity contribution in [3.05, 3.63) is 0 Å². The first kappa shape index (κ1) is 33.1. The highest BCUT2D eigenvalue weighted by atomic mass is 28.4. The van der Waals surface area contributed by atoms with Crippen LogP contribution < -0.4 is 5.32 Å². The number of hydrogen-bond donors (Lipinski definition) is 2. The molecule has 0 rings (SSSR count). The van der Waals surface area contributed by atoms with Crippen LogP contribution in [0.4, 0.5) is 4.79 Å². The van der Waals surface area contributed by atoms with Gasteiger partial charge in [-0.05, 0) is 38.8 Å². The number of unbranched alkanes of at least 4 members (excludes halogenated alkanes) is 6. The van der Waals surface area contributed by atoms with E-state index in [9.17, 15) is 14.7 Å². The molecular weight excluding hydrogens is 462 g/mol. The number of nitrogens with zero attached hydrogens (tertiary/aromatic N) is 2. The number of aliphatic hydroxyl groups is 1. The van der Waals surface area contributed by atoms with Gasteiger partial charge in [-0.1, -0.05) is 59.0 Å². The van der Waals surface area contributed by atoms with E-state index in [1.165, 1.54) is 0 Å². The summed E-state index contributed by atoms with van der Waals surface area (Å²) < 4.78 is 5.66. The van der Waals surface area contributed by atoms with Gasteiger partial charge in [-0.2, -0.15) is 0 Å². The summed E-state index contributed by atoms with van der Waals surface area (Å²) in [5.41, 5.74) is 0. The maximum absolute atomic E-state index is 12.7. The molecule has 0 spiro atoms. The molecule has 3 amide bonds. The number of nitrogens with one attached hydrogen (secondary N) is 1. The Morgan fingerprint density at radius 3 is 1.94 bits per heavy atom. The normalized spacial score (nSPS) is 12.0. The third-order valence-electron chi connectivity index (χ3n) is 6.22. The van der Waals surface area contributed by atoms with E-state index in [1.54, 1.807) is 7.11 Å². The van der Waals surface area contributed by atoms with Gasteiger partial charge in [-0.15, -0.1) is 0 Å². The standard InChI is InChI=1S/C25H55N3O4Si2/c1-8-10-19-27(22-34(6,7)32-3)24(30)17-15-13-12-14-16-18-26-25(31)28(20-11-9-2)21-33(4,5)23-29/h29H,8-23H2,1-7H3,(H,26,31). The lowest BCUT2D eigenvalue weighted by atomic mass is 10.1. The first-order valence-electron chi connectivity index (χ1n) is 13.5. The molecule has 0 aliphatic heterocycles. The first-order valence-corrected chi connectivity index (χ1v) is 20.0. The highest BCUT2D eigenvalue weighted by molar-refractivity contribution is 6.77. The molecule has 0 aromatic heterocycles. The zero-order chi connectivity index (χ0) is 26.0. The van der Waals surface area contributed by atoms with Crippen LogP contribution in [0.25, 0.3) is 0 Å². The molecule has 7 nitrogen and oxygen atoms in total. The molecule has 0 aromatic carbocycles. The lowest BCUT2D eigenvalue weighted by molar-refractivity contribution is -0.130. The van der Waals surface area contributed by atoms with E-state index in [4.69, 9.17) is 4.43 Å². The molecular formula is C25H55N3O4Si2. The first-order chi connectivity index (χ1) is 16.0. The minimum Gasteiger partial charge on any atom is -0.419 e. The van der Waals surface area contributed by atoms with Gasteiger partial charge in [-0.25, -0.2) is 4.79 Å². The molecule has 202 valence electrons. The van der Waals surface area contributed by atoms with Gasteiger partial charge >= 0.3 is 6.03 Å². The van der Waals surface area contributed by atoms with E-state index in [0.717, 1.165) is 77.0 Å². The van der Waals surface area contributed by atoms with Crippen molar-refractivity contribution in [1.82, 2.24) is 15.1 Å². The van der Waals surface area contributed by atoms with E-state index in [-0.39, 0.29) is 18.2 Å². The number of rotatable bonds is 20. The summed E-state index contributed by atoms with van der Waals surface area (Å²) in [4.78, 5) is 29.3. The molecule has 0 heterocycles. The van der Waals surface area contributed by atoms with Crippen LogP contribution in [0.2, 0.25) is 26.2 Å². The Balaban J connectivity index is 4.21.